The van der Waals surface area contributed by atoms with Crippen LogP contribution in [0.5, 0.6) is 5.75 Å². The molecular formula is C14H23NO3. The van der Waals surface area contributed by atoms with E-state index in [0.717, 1.165) is 17.7 Å². The van der Waals surface area contributed by atoms with Crippen LogP contribution in [-0.2, 0) is 9.47 Å². The fourth-order valence-corrected chi connectivity index (χ4v) is 1.89. The van der Waals surface area contributed by atoms with Crippen LogP contribution in [0.15, 0.2) is 24.3 Å². The number of hydrogen-bond acceptors (Lipinski definition) is 4. The number of methoxy groups -OCH3 is 2. The summed E-state index contributed by atoms with van der Waals surface area (Å²) in [4.78, 5) is 0. The molecule has 0 heterocycles. The molecule has 0 spiro atoms. The molecule has 0 amide bonds. The molecular weight excluding hydrogens is 230 g/mol. The van der Waals surface area contributed by atoms with Gasteiger partial charge in [-0.25, -0.2) is 0 Å². The highest BCUT2D eigenvalue weighted by Gasteiger charge is 2.20. The van der Waals surface area contributed by atoms with Gasteiger partial charge in [-0.2, -0.15) is 0 Å². The molecule has 4 nitrogen and oxygen atoms in total. The minimum absolute atomic E-state index is 0.00262. The van der Waals surface area contributed by atoms with Crippen LogP contribution < -0.4 is 10.5 Å². The number of ether oxygens (including phenoxy) is 3. The maximum absolute atomic E-state index is 6.23. The number of nitrogens with two attached hydrogens (primary N) is 1. The first-order valence-electron chi connectivity index (χ1n) is 6.23. The van der Waals surface area contributed by atoms with E-state index < -0.39 is 0 Å². The summed E-state index contributed by atoms with van der Waals surface area (Å²) in [6, 6.07) is 7.62. The Labute approximate surface area is 109 Å². The van der Waals surface area contributed by atoms with Gasteiger partial charge >= 0.3 is 0 Å². The highest BCUT2D eigenvalue weighted by Crippen LogP contribution is 2.27. The summed E-state index contributed by atoms with van der Waals surface area (Å²) in [6.45, 7) is 3.14. The zero-order chi connectivity index (χ0) is 13.4. The third-order valence-electron chi connectivity index (χ3n) is 2.93. The minimum Gasteiger partial charge on any atom is -0.491 e. The van der Waals surface area contributed by atoms with Gasteiger partial charge in [-0.1, -0.05) is 25.1 Å². The zero-order valence-electron chi connectivity index (χ0n) is 11.4. The van der Waals surface area contributed by atoms with E-state index in [1.54, 1.807) is 14.2 Å². The SMILES string of the molecule is CCC(OC)C(N)c1ccccc1OCCOC. The summed E-state index contributed by atoms with van der Waals surface area (Å²) in [7, 11) is 3.33. The van der Waals surface area contributed by atoms with Gasteiger partial charge in [0.1, 0.15) is 12.4 Å². The van der Waals surface area contributed by atoms with E-state index in [9.17, 15) is 0 Å². The van der Waals surface area contributed by atoms with Crippen molar-refractivity contribution in [3.05, 3.63) is 29.8 Å². The van der Waals surface area contributed by atoms with E-state index >= 15 is 0 Å². The average Bonchev–Trinajstić information content (AvgIpc) is 2.41. The maximum Gasteiger partial charge on any atom is 0.124 e. The van der Waals surface area contributed by atoms with Gasteiger partial charge in [0.15, 0.2) is 0 Å². The van der Waals surface area contributed by atoms with E-state index in [2.05, 4.69) is 6.92 Å². The van der Waals surface area contributed by atoms with Crippen molar-refractivity contribution in [3.8, 4) is 5.75 Å². The van der Waals surface area contributed by atoms with Crippen molar-refractivity contribution in [2.45, 2.75) is 25.5 Å². The molecule has 1 rings (SSSR count). The van der Waals surface area contributed by atoms with Crippen molar-refractivity contribution in [1.82, 2.24) is 0 Å². The lowest BCUT2D eigenvalue weighted by atomic mass is 9.99. The number of benzene rings is 1. The van der Waals surface area contributed by atoms with Crippen LogP contribution in [0.2, 0.25) is 0 Å². The fourth-order valence-electron chi connectivity index (χ4n) is 1.89. The average molecular weight is 253 g/mol. The van der Waals surface area contributed by atoms with E-state index in [0.29, 0.717) is 13.2 Å². The zero-order valence-corrected chi connectivity index (χ0v) is 11.4. The minimum atomic E-state index is -0.182. The molecule has 2 N–H and O–H groups in total. The topological polar surface area (TPSA) is 53.7 Å². The summed E-state index contributed by atoms with van der Waals surface area (Å²) in [5.74, 6) is 0.803. The van der Waals surface area contributed by atoms with Crippen LogP contribution in [0.4, 0.5) is 0 Å². The quantitative estimate of drug-likeness (QED) is 0.721. The van der Waals surface area contributed by atoms with E-state index in [4.69, 9.17) is 19.9 Å². The lowest BCUT2D eigenvalue weighted by Gasteiger charge is -2.23. The fraction of sp³-hybridized carbons (Fsp3) is 0.571. The summed E-state index contributed by atoms with van der Waals surface area (Å²) >= 11 is 0. The third kappa shape index (κ3) is 3.98. The Kier molecular flexibility index (Phi) is 6.72. The molecule has 0 aliphatic rings. The summed E-state index contributed by atoms with van der Waals surface area (Å²) in [6.07, 6.45) is 0.863. The summed E-state index contributed by atoms with van der Waals surface area (Å²) in [5.41, 5.74) is 7.20. The molecule has 1 aromatic carbocycles. The van der Waals surface area contributed by atoms with Crippen LogP contribution >= 0.6 is 0 Å². The van der Waals surface area contributed by atoms with Crippen LogP contribution in [0.25, 0.3) is 0 Å². The molecule has 4 heteroatoms. The van der Waals surface area contributed by atoms with Gasteiger partial charge in [-0.15, -0.1) is 0 Å². The Bertz CT molecular complexity index is 340. The predicted molar refractivity (Wildman–Crippen MR) is 71.8 cm³/mol. The molecule has 0 aliphatic heterocycles. The molecule has 0 saturated heterocycles. The van der Waals surface area contributed by atoms with Gasteiger partial charge in [-0.3, -0.25) is 0 Å². The van der Waals surface area contributed by atoms with Crippen molar-refractivity contribution in [1.29, 1.82) is 0 Å². The van der Waals surface area contributed by atoms with Crippen LogP contribution in [-0.4, -0.2) is 33.5 Å². The maximum atomic E-state index is 6.23. The third-order valence-corrected chi connectivity index (χ3v) is 2.93. The molecule has 0 aliphatic carbocycles. The van der Waals surface area contributed by atoms with Gasteiger partial charge in [0.05, 0.1) is 18.8 Å². The highest BCUT2D eigenvalue weighted by atomic mass is 16.5. The largest absolute Gasteiger partial charge is 0.491 e. The molecule has 2 unspecified atom stereocenters. The van der Waals surface area contributed by atoms with Gasteiger partial charge in [0, 0.05) is 19.8 Å². The lowest BCUT2D eigenvalue weighted by molar-refractivity contribution is 0.0757. The first-order chi connectivity index (χ1) is 8.74. The molecule has 0 bridgehead atoms. The first-order valence-corrected chi connectivity index (χ1v) is 6.23. The van der Waals surface area contributed by atoms with Crippen LogP contribution in [0, 0.1) is 0 Å². The molecule has 0 radical (unpaired) electrons. The Morgan fingerprint density at radius 3 is 2.50 bits per heavy atom. The number of hydrogen-bond donors (Lipinski definition) is 1. The molecule has 0 aromatic heterocycles. The van der Waals surface area contributed by atoms with E-state index in [1.807, 2.05) is 24.3 Å². The van der Waals surface area contributed by atoms with Crippen molar-refractivity contribution >= 4 is 0 Å². The van der Waals surface area contributed by atoms with E-state index in [1.165, 1.54) is 0 Å². The van der Waals surface area contributed by atoms with Crippen LogP contribution in [0.3, 0.4) is 0 Å². The first kappa shape index (κ1) is 15.0. The molecule has 1 aromatic rings. The smallest absolute Gasteiger partial charge is 0.124 e. The second kappa shape index (κ2) is 8.08. The van der Waals surface area contributed by atoms with Crippen molar-refractivity contribution in [3.63, 3.8) is 0 Å². The molecule has 18 heavy (non-hydrogen) atoms. The van der Waals surface area contributed by atoms with Crippen LogP contribution in [0.1, 0.15) is 24.9 Å². The summed E-state index contributed by atoms with van der Waals surface area (Å²) in [5, 5.41) is 0. The second-order valence-electron chi connectivity index (χ2n) is 4.09. The molecule has 0 saturated carbocycles. The Hall–Kier alpha value is -1.10. The highest BCUT2D eigenvalue weighted by molar-refractivity contribution is 5.36. The monoisotopic (exact) mass is 253 g/mol. The van der Waals surface area contributed by atoms with Crippen molar-refractivity contribution in [2.24, 2.45) is 5.73 Å². The molecule has 0 fully saturated rings. The van der Waals surface area contributed by atoms with Gasteiger partial charge in [0.2, 0.25) is 0 Å². The summed E-state index contributed by atoms with van der Waals surface area (Å²) < 4.78 is 16.0. The van der Waals surface area contributed by atoms with Crippen molar-refractivity contribution < 1.29 is 14.2 Å². The normalized spacial score (nSPS) is 14.2. The van der Waals surface area contributed by atoms with Gasteiger partial charge in [0.25, 0.3) is 0 Å². The second-order valence-corrected chi connectivity index (χ2v) is 4.09. The number of rotatable bonds is 8. The predicted octanol–water partition coefficient (Wildman–Crippen LogP) is 2.14. The lowest BCUT2D eigenvalue weighted by Crippen LogP contribution is -2.28. The Morgan fingerprint density at radius 2 is 1.89 bits per heavy atom. The van der Waals surface area contributed by atoms with Crippen molar-refractivity contribution in [2.75, 3.05) is 27.4 Å². The number of para-hydroxylation sites is 1. The molecule has 102 valence electrons. The van der Waals surface area contributed by atoms with Gasteiger partial charge < -0.3 is 19.9 Å². The Morgan fingerprint density at radius 1 is 1.17 bits per heavy atom. The Balaban J connectivity index is 2.79. The van der Waals surface area contributed by atoms with Gasteiger partial charge in [-0.05, 0) is 12.5 Å². The van der Waals surface area contributed by atoms with E-state index in [-0.39, 0.29) is 12.1 Å². The molecule has 2 atom stereocenters. The standard InChI is InChI=1S/C14H23NO3/c1-4-12(17-3)14(15)11-7-5-6-8-13(11)18-10-9-16-2/h5-8,12,14H,4,9-10,15H2,1-3H3.